The van der Waals surface area contributed by atoms with E-state index in [0.717, 1.165) is 25.7 Å². The number of hydrogen-bond donors (Lipinski definition) is 3. The summed E-state index contributed by atoms with van der Waals surface area (Å²) < 4.78 is 18.9. The van der Waals surface area contributed by atoms with Crippen molar-refractivity contribution in [2.45, 2.75) is 63.4 Å². The first-order valence-electron chi connectivity index (χ1n) is 9.02. The van der Waals surface area contributed by atoms with Gasteiger partial charge in [0.25, 0.3) is 0 Å². The predicted octanol–water partition coefficient (Wildman–Crippen LogP) is -1.06. The van der Waals surface area contributed by atoms with Crippen molar-refractivity contribution in [1.82, 2.24) is 0 Å². The third-order valence-electron chi connectivity index (χ3n) is 3.91. The fraction of sp³-hybridized carbons (Fsp3) is 0.765. The van der Waals surface area contributed by atoms with Gasteiger partial charge in [-0.25, -0.2) is 14.4 Å². The van der Waals surface area contributed by atoms with Crippen LogP contribution in [0.1, 0.15) is 45.4 Å². The van der Waals surface area contributed by atoms with Crippen molar-refractivity contribution in [2.24, 2.45) is 0 Å². The summed E-state index contributed by atoms with van der Waals surface area (Å²) in [5.74, 6) is -8.15. The number of carbonyl (C=O) groups is 4. The van der Waals surface area contributed by atoms with Gasteiger partial charge in [0.15, 0.2) is 0 Å². The van der Waals surface area contributed by atoms with E-state index in [9.17, 15) is 34.5 Å². The minimum Gasteiger partial charge on any atom is -0.445 e. The lowest BCUT2D eigenvalue weighted by Crippen LogP contribution is -2.53. The number of hydrogen-bond acceptors (Lipinski definition) is 11. The molecule has 0 aromatic rings. The zero-order valence-corrected chi connectivity index (χ0v) is 15.6. The van der Waals surface area contributed by atoms with Crippen LogP contribution in [0.4, 0.5) is 0 Å². The third kappa shape index (κ3) is 6.43. The molecule has 0 spiro atoms. The minimum absolute atomic E-state index is 0.113. The second kappa shape index (κ2) is 11.6. The summed E-state index contributed by atoms with van der Waals surface area (Å²) in [6.45, 7) is -1.29. The molecule has 3 N–H and O–H groups in total. The van der Waals surface area contributed by atoms with E-state index in [2.05, 4.69) is 9.47 Å². The average molecular weight is 406 g/mol. The number of aliphatic hydroxyl groups is 3. The molecule has 0 bridgehead atoms. The predicted molar refractivity (Wildman–Crippen MR) is 89.3 cm³/mol. The van der Waals surface area contributed by atoms with Gasteiger partial charge >= 0.3 is 29.7 Å². The number of esters is 4. The molecule has 3 atom stereocenters. The van der Waals surface area contributed by atoms with Gasteiger partial charge in [-0.15, -0.1) is 0 Å². The highest BCUT2D eigenvalue weighted by Crippen LogP contribution is 2.22. The number of carbonyl (C=O) groups excluding carboxylic acids is 4. The Bertz CT molecular complexity index is 559. The van der Waals surface area contributed by atoms with Crippen LogP contribution in [0.2, 0.25) is 0 Å². The molecule has 0 aromatic carbocycles. The molecule has 0 amide bonds. The molecular formula is C17H26O11. The second-order valence-corrected chi connectivity index (χ2v) is 6.16. The maximum absolute atomic E-state index is 12.4. The highest BCUT2D eigenvalue weighted by atomic mass is 16.8. The van der Waals surface area contributed by atoms with E-state index < -0.39 is 61.7 Å². The fourth-order valence-electron chi connectivity index (χ4n) is 2.32. The third-order valence-corrected chi connectivity index (χ3v) is 3.91. The van der Waals surface area contributed by atoms with E-state index in [1.165, 1.54) is 0 Å². The van der Waals surface area contributed by atoms with E-state index >= 15 is 0 Å². The monoisotopic (exact) mass is 406 g/mol. The van der Waals surface area contributed by atoms with Crippen LogP contribution in [0.25, 0.3) is 0 Å². The zero-order chi connectivity index (χ0) is 21.2. The van der Waals surface area contributed by atoms with Gasteiger partial charge in [-0.2, -0.15) is 0 Å². The van der Waals surface area contributed by atoms with Gasteiger partial charge < -0.3 is 34.3 Å². The lowest BCUT2D eigenvalue weighted by atomic mass is 10.1. The van der Waals surface area contributed by atoms with Crippen molar-refractivity contribution in [3.8, 4) is 0 Å². The number of cyclic esters (lactones) is 3. The standard InChI is InChI=1S/C17H26O11/c1-2-3-4-5-6-7-13(21)27-17(10-20)16(24)26-11(8-18)14(22)25-12(9-19)15(23)28-17/h11-12,18-20H,2-10H2,1H3. The molecule has 0 saturated carbocycles. The molecule has 0 aromatic heterocycles. The molecule has 1 saturated heterocycles. The van der Waals surface area contributed by atoms with Crippen LogP contribution in [0.15, 0.2) is 0 Å². The highest BCUT2D eigenvalue weighted by molar-refractivity contribution is 5.90. The summed E-state index contributed by atoms with van der Waals surface area (Å²) in [5, 5.41) is 28.0. The quantitative estimate of drug-likeness (QED) is 0.230. The molecule has 28 heavy (non-hydrogen) atoms. The first-order chi connectivity index (χ1) is 13.3. The second-order valence-electron chi connectivity index (χ2n) is 6.16. The van der Waals surface area contributed by atoms with Gasteiger partial charge in [0.05, 0.1) is 13.2 Å². The summed E-state index contributed by atoms with van der Waals surface area (Å²) in [7, 11) is 0. The van der Waals surface area contributed by atoms with E-state index in [1.807, 2.05) is 6.92 Å². The van der Waals surface area contributed by atoms with Crippen molar-refractivity contribution >= 4 is 23.9 Å². The van der Waals surface area contributed by atoms with Crippen LogP contribution in [-0.2, 0) is 38.1 Å². The Morgan fingerprint density at radius 2 is 1.57 bits per heavy atom. The van der Waals surface area contributed by atoms with Gasteiger partial charge in [-0.1, -0.05) is 32.6 Å². The van der Waals surface area contributed by atoms with E-state index in [1.54, 1.807) is 0 Å². The Kier molecular flexibility index (Phi) is 9.83. The lowest BCUT2D eigenvalue weighted by molar-refractivity contribution is -0.251. The van der Waals surface area contributed by atoms with Crippen LogP contribution in [0, 0.1) is 0 Å². The molecule has 3 unspecified atom stereocenters. The smallest absolute Gasteiger partial charge is 0.396 e. The summed E-state index contributed by atoms with van der Waals surface area (Å²) >= 11 is 0. The molecule has 11 nitrogen and oxygen atoms in total. The Labute approximate surface area is 161 Å². The summed E-state index contributed by atoms with van der Waals surface area (Å²) in [4.78, 5) is 48.3. The number of ether oxygens (including phenoxy) is 4. The van der Waals surface area contributed by atoms with Crippen molar-refractivity contribution in [3.63, 3.8) is 0 Å². The van der Waals surface area contributed by atoms with E-state index in [4.69, 9.17) is 9.47 Å². The zero-order valence-electron chi connectivity index (χ0n) is 15.6. The Hall–Kier alpha value is -2.24. The van der Waals surface area contributed by atoms with Gasteiger partial charge in [-0.05, 0) is 6.42 Å². The topological polar surface area (TPSA) is 166 Å². The molecule has 1 aliphatic rings. The first kappa shape index (κ1) is 23.8. The molecule has 1 heterocycles. The Balaban J connectivity index is 2.97. The first-order valence-corrected chi connectivity index (χ1v) is 9.02. The maximum atomic E-state index is 12.4. The summed E-state index contributed by atoms with van der Waals surface area (Å²) in [6.07, 6.45) is 0.256. The molecule has 1 fully saturated rings. The van der Waals surface area contributed by atoms with E-state index in [-0.39, 0.29) is 6.42 Å². The maximum Gasteiger partial charge on any atom is 0.396 e. The van der Waals surface area contributed by atoms with Crippen LogP contribution in [-0.4, -0.2) is 77.0 Å². The van der Waals surface area contributed by atoms with Gasteiger partial charge in [0.2, 0.25) is 12.2 Å². The average Bonchev–Trinajstić information content (AvgIpc) is 2.71. The Morgan fingerprint density at radius 1 is 0.964 bits per heavy atom. The molecule has 1 aliphatic heterocycles. The van der Waals surface area contributed by atoms with Crippen molar-refractivity contribution in [2.75, 3.05) is 19.8 Å². The summed E-state index contributed by atoms with van der Waals surface area (Å²) in [6, 6.07) is 0. The van der Waals surface area contributed by atoms with Crippen molar-refractivity contribution in [1.29, 1.82) is 0 Å². The van der Waals surface area contributed by atoms with Gasteiger partial charge in [0.1, 0.15) is 6.61 Å². The van der Waals surface area contributed by atoms with Crippen LogP contribution < -0.4 is 0 Å². The Morgan fingerprint density at radius 3 is 2.14 bits per heavy atom. The summed E-state index contributed by atoms with van der Waals surface area (Å²) in [5.41, 5.74) is 0. The van der Waals surface area contributed by atoms with Gasteiger partial charge in [-0.3, -0.25) is 4.79 Å². The number of unbranched alkanes of at least 4 members (excludes halogenated alkanes) is 4. The van der Waals surface area contributed by atoms with Crippen molar-refractivity contribution in [3.05, 3.63) is 0 Å². The molecule has 1 rings (SSSR count). The SMILES string of the molecule is CCCCCCCC(=O)OC1(CO)OC(=O)C(CO)OC(=O)C(CO)OC1=O. The molecule has 0 aliphatic carbocycles. The molecule has 11 heteroatoms. The van der Waals surface area contributed by atoms with E-state index in [0.29, 0.717) is 6.42 Å². The highest BCUT2D eigenvalue weighted by Gasteiger charge is 2.52. The fourth-order valence-corrected chi connectivity index (χ4v) is 2.32. The van der Waals surface area contributed by atoms with Crippen LogP contribution in [0.3, 0.4) is 0 Å². The minimum atomic E-state index is -2.88. The number of aliphatic hydroxyl groups excluding tert-OH is 3. The molecule has 0 radical (unpaired) electrons. The lowest BCUT2D eigenvalue weighted by Gasteiger charge is -2.28. The largest absolute Gasteiger partial charge is 0.445 e. The van der Waals surface area contributed by atoms with Crippen LogP contribution >= 0.6 is 0 Å². The number of rotatable bonds is 10. The van der Waals surface area contributed by atoms with Crippen LogP contribution in [0.5, 0.6) is 0 Å². The molecule has 160 valence electrons. The van der Waals surface area contributed by atoms with Gasteiger partial charge in [0, 0.05) is 6.42 Å². The van der Waals surface area contributed by atoms with Crippen molar-refractivity contribution < 1.29 is 53.4 Å². The molecular weight excluding hydrogens is 380 g/mol. The normalized spacial score (nSPS) is 25.6.